The zero-order valence-electron chi connectivity index (χ0n) is 9.03. The molecule has 1 aromatic rings. The van der Waals surface area contributed by atoms with Crippen LogP contribution in [0.2, 0.25) is 0 Å². The SMILES string of the molecule is N#Cc1cc(S(=O)(=O)Cl)c(CN)cc1OC(F)(F)F. The van der Waals surface area contributed by atoms with Gasteiger partial charge in [0.1, 0.15) is 11.8 Å². The topological polar surface area (TPSA) is 93.2 Å². The number of nitriles is 1. The van der Waals surface area contributed by atoms with Gasteiger partial charge in [0.2, 0.25) is 0 Å². The Labute approximate surface area is 110 Å². The maximum absolute atomic E-state index is 12.1. The van der Waals surface area contributed by atoms with E-state index in [9.17, 15) is 21.6 Å². The largest absolute Gasteiger partial charge is 0.573 e. The average Bonchev–Trinajstić information content (AvgIpc) is 2.24. The zero-order valence-corrected chi connectivity index (χ0v) is 10.6. The van der Waals surface area contributed by atoms with Crippen molar-refractivity contribution in [3.63, 3.8) is 0 Å². The Balaban J connectivity index is 3.50. The molecule has 0 spiro atoms. The van der Waals surface area contributed by atoms with E-state index in [0.29, 0.717) is 6.07 Å². The molecule has 104 valence electrons. The highest BCUT2D eigenvalue weighted by Gasteiger charge is 2.33. The van der Waals surface area contributed by atoms with Gasteiger partial charge in [-0.05, 0) is 17.7 Å². The number of ether oxygens (including phenoxy) is 1. The lowest BCUT2D eigenvalue weighted by Crippen LogP contribution is -2.18. The number of alkyl halides is 3. The van der Waals surface area contributed by atoms with Gasteiger partial charge in [-0.2, -0.15) is 5.26 Å². The van der Waals surface area contributed by atoms with E-state index in [1.165, 1.54) is 6.07 Å². The lowest BCUT2D eigenvalue weighted by Gasteiger charge is -2.13. The Morgan fingerprint density at radius 3 is 2.37 bits per heavy atom. The van der Waals surface area contributed by atoms with Crippen molar-refractivity contribution >= 4 is 19.7 Å². The molecule has 0 bridgehead atoms. The fourth-order valence-electron chi connectivity index (χ4n) is 1.29. The first-order valence-corrected chi connectivity index (χ1v) is 6.87. The highest BCUT2D eigenvalue weighted by Crippen LogP contribution is 2.31. The molecule has 1 rings (SSSR count). The summed E-state index contributed by atoms with van der Waals surface area (Å²) in [5.41, 5.74) is 4.42. The molecule has 1 aromatic carbocycles. The Kier molecular flexibility index (Phi) is 4.29. The van der Waals surface area contributed by atoms with Crippen molar-refractivity contribution in [3.8, 4) is 11.8 Å². The van der Waals surface area contributed by atoms with E-state index >= 15 is 0 Å². The average molecular weight is 315 g/mol. The molecule has 0 amide bonds. The minimum Gasteiger partial charge on any atom is -0.404 e. The molecule has 0 aliphatic carbocycles. The Bertz CT molecular complexity index is 637. The van der Waals surface area contributed by atoms with Gasteiger partial charge >= 0.3 is 6.36 Å². The second-order valence-electron chi connectivity index (χ2n) is 3.26. The van der Waals surface area contributed by atoms with Gasteiger partial charge in [-0.1, -0.05) is 0 Å². The fourth-order valence-corrected chi connectivity index (χ4v) is 2.43. The van der Waals surface area contributed by atoms with E-state index in [1.54, 1.807) is 0 Å². The van der Waals surface area contributed by atoms with Crippen LogP contribution in [0.3, 0.4) is 0 Å². The number of hydrogen-bond donors (Lipinski definition) is 1. The van der Waals surface area contributed by atoms with E-state index < -0.39 is 31.6 Å². The minimum absolute atomic E-state index is 0.187. The van der Waals surface area contributed by atoms with Crippen molar-refractivity contribution in [2.45, 2.75) is 17.8 Å². The third-order valence-corrected chi connectivity index (χ3v) is 3.40. The van der Waals surface area contributed by atoms with Crippen LogP contribution in [0.5, 0.6) is 5.75 Å². The number of hydrogen-bond acceptors (Lipinski definition) is 5. The summed E-state index contributed by atoms with van der Waals surface area (Å²) in [7, 11) is 0.867. The van der Waals surface area contributed by atoms with Gasteiger partial charge in [-0.25, -0.2) is 8.42 Å². The molecular formula is C9H6ClF3N2O3S. The monoisotopic (exact) mass is 314 g/mol. The predicted octanol–water partition coefficient (Wildman–Crippen LogP) is 1.84. The van der Waals surface area contributed by atoms with E-state index in [4.69, 9.17) is 21.7 Å². The molecule has 0 fully saturated rings. The fraction of sp³-hybridized carbons (Fsp3) is 0.222. The normalized spacial score (nSPS) is 12.0. The highest BCUT2D eigenvalue weighted by molar-refractivity contribution is 8.13. The third-order valence-electron chi connectivity index (χ3n) is 1.99. The van der Waals surface area contributed by atoms with Gasteiger partial charge in [-0.15, -0.1) is 13.2 Å². The van der Waals surface area contributed by atoms with Crippen LogP contribution in [0, 0.1) is 11.3 Å². The van der Waals surface area contributed by atoms with Crippen LogP contribution < -0.4 is 10.5 Å². The molecule has 2 N–H and O–H groups in total. The summed E-state index contributed by atoms with van der Waals surface area (Å²) in [5, 5.41) is 8.70. The molecule has 5 nitrogen and oxygen atoms in total. The summed E-state index contributed by atoms with van der Waals surface area (Å²) in [6.45, 7) is -0.388. The molecule has 0 heterocycles. The van der Waals surface area contributed by atoms with Gasteiger partial charge in [0, 0.05) is 17.2 Å². The number of nitrogens with zero attached hydrogens (tertiary/aromatic N) is 1. The minimum atomic E-state index is -5.02. The second-order valence-corrected chi connectivity index (χ2v) is 5.79. The summed E-state index contributed by atoms with van der Waals surface area (Å²) < 4.78 is 62.4. The van der Waals surface area contributed by atoms with Crippen molar-refractivity contribution < 1.29 is 26.3 Å². The van der Waals surface area contributed by atoms with E-state index in [2.05, 4.69) is 4.74 Å². The first-order valence-electron chi connectivity index (χ1n) is 4.56. The number of halogens is 4. The van der Waals surface area contributed by atoms with Gasteiger partial charge in [-0.3, -0.25) is 0 Å². The Morgan fingerprint density at radius 2 is 2.00 bits per heavy atom. The van der Waals surface area contributed by atoms with Crippen LogP contribution >= 0.6 is 10.7 Å². The Morgan fingerprint density at radius 1 is 1.42 bits per heavy atom. The lowest BCUT2D eigenvalue weighted by atomic mass is 10.1. The molecule has 10 heteroatoms. The molecule has 0 aliphatic heterocycles. The van der Waals surface area contributed by atoms with Crippen LogP contribution in [-0.2, 0) is 15.6 Å². The summed E-state index contributed by atoms with van der Waals surface area (Å²) in [4.78, 5) is -0.525. The van der Waals surface area contributed by atoms with Crippen LogP contribution in [-0.4, -0.2) is 14.8 Å². The maximum Gasteiger partial charge on any atom is 0.573 e. The molecule has 0 unspecified atom stereocenters. The standard InChI is InChI=1S/C9H6ClF3N2O3S/c10-19(16,17)8-2-5(3-14)7(1-6(8)4-15)18-9(11,12)13/h1-2H,4,15H2. The molecular weight excluding hydrogens is 309 g/mol. The summed E-state index contributed by atoms with van der Waals surface area (Å²) in [6.07, 6.45) is -5.02. The molecule has 19 heavy (non-hydrogen) atoms. The Hall–Kier alpha value is -1.50. The van der Waals surface area contributed by atoms with Gasteiger partial charge in [0.15, 0.2) is 0 Å². The van der Waals surface area contributed by atoms with E-state index in [1.807, 2.05) is 0 Å². The summed E-state index contributed by atoms with van der Waals surface area (Å²) in [5.74, 6) is -0.834. The molecule has 0 saturated heterocycles. The zero-order chi connectivity index (χ0) is 14.8. The molecule has 0 radical (unpaired) electrons. The van der Waals surface area contributed by atoms with Crippen LogP contribution in [0.15, 0.2) is 17.0 Å². The van der Waals surface area contributed by atoms with E-state index in [-0.39, 0.29) is 12.1 Å². The number of benzene rings is 1. The number of nitrogens with two attached hydrogens (primary N) is 1. The van der Waals surface area contributed by atoms with Gasteiger partial charge in [0.05, 0.1) is 10.5 Å². The summed E-state index contributed by atoms with van der Waals surface area (Å²) in [6, 6.07) is 2.80. The third kappa shape index (κ3) is 3.99. The second kappa shape index (κ2) is 5.24. The first kappa shape index (κ1) is 15.6. The molecule has 0 aromatic heterocycles. The predicted molar refractivity (Wildman–Crippen MR) is 58.8 cm³/mol. The van der Waals surface area contributed by atoms with Crippen molar-refractivity contribution in [3.05, 3.63) is 23.3 Å². The molecule has 0 aliphatic rings. The lowest BCUT2D eigenvalue weighted by molar-refractivity contribution is -0.274. The molecule has 0 saturated carbocycles. The summed E-state index contributed by atoms with van der Waals surface area (Å²) >= 11 is 0. The molecule has 0 atom stereocenters. The van der Waals surface area contributed by atoms with Gasteiger partial charge in [0.25, 0.3) is 9.05 Å². The van der Waals surface area contributed by atoms with Crippen molar-refractivity contribution in [2.24, 2.45) is 5.73 Å². The first-order chi connectivity index (χ1) is 8.58. The highest BCUT2D eigenvalue weighted by atomic mass is 35.7. The van der Waals surface area contributed by atoms with Crippen LogP contribution in [0.25, 0.3) is 0 Å². The quantitative estimate of drug-likeness (QED) is 0.859. The van der Waals surface area contributed by atoms with Gasteiger partial charge < -0.3 is 10.5 Å². The number of rotatable bonds is 3. The van der Waals surface area contributed by atoms with Crippen LogP contribution in [0.4, 0.5) is 13.2 Å². The van der Waals surface area contributed by atoms with Crippen molar-refractivity contribution in [2.75, 3.05) is 0 Å². The van der Waals surface area contributed by atoms with Crippen molar-refractivity contribution in [1.82, 2.24) is 0 Å². The van der Waals surface area contributed by atoms with Crippen molar-refractivity contribution in [1.29, 1.82) is 5.26 Å². The maximum atomic E-state index is 12.1. The smallest absolute Gasteiger partial charge is 0.404 e. The van der Waals surface area contributed by atoms with E-state index in [0.717, 1.165) is 6.07 Å². The van der Waals surface area contributed by atoms with Crippen LogP contribution in [0.1, 0.15) is 11.1 Å².